The van der Waals surface area contributed by atoms with Crippen LogP contribution in [0.5, 0.6) is 0 Å². The number of aryl methyl sites for hydroxylation is 1. The highest BCUT2D eigenvalue weighted by Gasteiger charge is 2.17. The highest BCUT2D eigenvalue weighted by atomic mass is 79.9. The van der Waals surface area contributed by atoms with Crippen LogP contribution in [0.2, 0.25) is 0 Å². The second kappa shape index (κ2) is 8.93. The molecule has 0 fully saturated rings. The number of hydrogen-bond acceptors (Lipinski definition) is 2. The molecule has 0 aromatic heterocycles. The lowest BCUT2D eigenvalue weighted by molar-refractivity contribution is -0.125. The van der Waals surface area contributed by atoms with Crippen LogP contribution in [-0.2, 0) is 9.59 Å². The normalized spacial score (nSPS) is 10.6. The Balaban J connectivity index is 2.70. The molecule has 1 rings (SSSR count). The zero-order chi connectivity index (χ0) is 16.7. The molecule has 0 atom stereocenters. The molecule has 0 saturated heterocycles. The molecule has 0 radical (unpaired) electrons. The van der Waals surface area contributed by atoms with E-state index < -0.39 is 0 Å². The number of amides is 2. The number of nitrogens with zero attached hydrogens (tertiary/aromatic N) is 1. The van der Waals surface area contributed by atoms with E-state index in [-0.39, 0.29) is 17.7 Å². The van der Waals surface area contributed by atoms with Crippen LogP contribution in [-0.4, -0.2) is 24.9 Å². The maximum atomic E-state index is 12.0. The fourth-order valence-electron chi connectivity index (χ4n) is 2.37. The van der Waals surface area contributed by atoms with Gasteiger partial charge in [0.1, 0.15) is 0 Å². The van der Waals surface area contributed by atoms with Gasteiger partial charge in [-0.2, -0.15) is 0 Å². The minimum absolute atomic E-state index is 0.0404. The Morgan fingerprint density at radius 3 is 2.41 bits per heavy atom. The molecule has 2 amide bonds. The molecule has 5 heteroatoms. The molecule has 0 heterocycles. The van der Waals surface area contributed by atoms with Gasteiger partial charge in [0.05, 0.1) is 5.69 Å². The summed E-state index contributed by atoms with van der Waals surface area (Å²) < 4.78 is 0.883. The standard InChI is InChI=1S/C17H25BrN2O2/c1-5-14(6-2)17(22)19-9-10-20(13(4)21)16-8-7-12(3)11-15(16)18/h7-8,11,14H,5-6,9-10H2,1-4H3,(H,19,22). The minimum atomic E-state index is -0.0404. The monoisotopic (exact) mass is 368 g/mol. The van der Waals surface area contributed by atoms with Crippen LogP contribution >= 0.6 is 15.9 Å². The second-order valence-electron chi connectivity index (χ2n) is 5.43. The Bertz CT molecular complexity index is 527. The number of rotatable bonds is 7. The van der Waals surface area contributed by atoms with Gasteiger partial charge >= 0.3 is 0 Å². The van der Waals surface area contributed by atoms with Gasteiger partial charge in [0.25, 0.3) is 0 Å². The Morgan fingerprint density at radius 2 is 1.91 bits per heavy atom. The van der Waals surface area contributed by atoms with E-state index in [1.165, 1.54) is 6.92 Å². The largest absolute Gasteiger partial charge is 0.354 e. The Hall–Kier alpha value is -1.36. The van der Waals surface area contributed by atoms with Crippen LogP contribution in [0.3, 0.4) is 0 Å². The second-order valence-corrected chi connectivity index (χ2v) is 6.28. The van der Waals surface area contributed by atoms with E-state index >= 15 is 0 Å². The van der Waals surface area contributed by atoms with Crippen molar-refractivity contribution < 1.29 is 9.59 Å². The van der Waals surface area contributed by atoms with E-state index in [9.17, 15) is 9.59 Å². The van der Waals surface area contributed by atoms with Crippen molar-refractivity contribution in [2.75, 3.05) is 18.0 Å². The summed E-state index contributed by atoms with van der Waals surface area (Å²) in [7, 11) is 0. The lowest BCUT2D eigenvalue weighted by Crippen LogP contribution is -2.39. The first-order valence-corrected chi connectivity index (χ1v) is 8.51. The summed E-state index contributed by atoms with van der Waals surface area (Å²) in [5.41, 5.74) is 1.95. The van der Waals surface area contributed by atoms with Crippen molar-refractivity contribution in [2.24, 2.45) is 5.92 Å². The molecule has 0 unspecified atom stereocenters. The van der Waals surface area contributed by atoms with E-state index in [0.717, 1.165) is 28.6 Å². The third-order valence-corrected chi connectivity index (χ3v) is 4.40. The molecule has 0 aliphatic carbocycles. The molecule has 22 heavy (non-hydrogen) atoms. The summed E-state index contributed by atoms with van der Waals surface area (Å²) in [6.07, 6.45) is 1.67. The highest BCUT2D eigenvalue weighted by molar-refractivity contribution is 9.10. The van der Waals surface area contributed by atoms with Crippen molar-refractivity contribution >= 4 is 33.4 Å². The molecule has 4 nitrogen and oxygen atoms in total. The average Bonchev–Trinajstić information content (AvgIpc) is 2.45. The van der Waals surface area contributed by atoms with Crippen LogP contribution in [0.25, 0.3) is 0 Å². The third kappa shape index (κ3) is 5.13. The summed E-state index contributed by atoms with van der Waals surface area (Å²) in [6.45, 7) is 8.48. The first kappa shape index (κ1) is 18.7. The minimum Gasteiger partial charge on any atom is -0.354 e. The molecule has 122 valence electrons. The summed E-state index contributed by atoms with van der Waals surface area (Å²) in [4.78, 5) is 25.6. The number of halogens is 1. The van der Waals surface area contributed by atoms with E-state index in [2.05, 4.69) is 21.2 Å². The van der Waals surface area contributed by atoms with Crippen LogP contribution in [0.15, 0.2) is 22.7 Å². The van der Waals surface area contributed by atoms with E-state index in [4.69, 9.17) is 0 Å². The van der Waals surface area contributed by atoms with Crippen LogP contribution in [0.4, 0.5) is 5.69 Å². The fourth-order valence-corrected chi connectivity index (χ4v) is 3.08. The molecule has 0 spiro atoms. The SMILES string of the molecule is CCC(CC)C(=O)NCCN(C(C)=O)c1ccc(C)cc1Br. The average molecular weight is 369 g/mol. The van der Waals surface area contributed by atoms with Crippen LogP contribution in [0, 0.1) is 12.8 Å². The predicted octanol–water partition coefficient (Wildman–Crippen LogP) is 3.66. The molecule has 1 aromatic carbocycles. The molecule has 0 bridgehead atoms. The van der Waals surface area contributed by atoms with Crippen LogP contribution in [0.1, 0.15) is 39.2 Å². The molecular formula is C17H25BrN2O2. The smallest absolute Gasteiger partial charge is 0.223 e. The number of anilines is 1. The molecule has 1 N–H and O–H groups in total. The van der Waals surface area contributed by atoms with Gasteiger partial charge in [0.15, 0.2) is 0 Å². The van der Waals surface area contributed by atoms with Crippen molar-refractivity contribution in [1.29, 1.82) is 0 Å². The number of hydrogen-bond donors (Lipinski definition) is 1. The molecule has 0 saturated carbocycles. The Morgan fingerprint density at radius 1 is 1.27 bits per heavy atom. The van der Waals surface area contributed by atoms with Crippen molar-refractivity contribution in [1.82, 2.24) is 5.32 Å². The molecule has 0 aliphatic heterocycles. The van der Waals surface area contributed by atoms with E-state index in [0.29, 0.717) is 13.1 Å². The van der Waals surface area contributed by atoms with Crippen molar-refractivity contribution in [3.05, 3.63) is 28.2 Å². The Kier molecular flexibility index (Phi) is 7.59. The molecule has 1 aromatic rings. The van der Waals surface area contributed by atoms with Gasteiger partial charge in [-0.25, -0.2) is 0 Å². The third-order valence-electron chi connectivity index (χ3n) is 3.77. The van der Waals surface area contributed by atoms with E-state index in [1.807, 2.05) is 39.0 Å². The molecule has 0 aliphatic rings. The first-order chi connectivity index (χ1) is 10.4. The van der Waals surface area contributed by atoms with Gasteiger partial charge in [0, 0.05) is 30.4 Å². The summed E-state index contributed by atoms with van der Waals surface area (Å²) in [5.74, 6) is 0.0784. The predicted molar refractivity (Wildman–Crippen MR) is 94.0 cm³/mol. The Labute approximate surface area is 141 Å². The van der Waals surface area contributed by atoms with Gasteiger partial charge in [-0.3, -0.25) is 9.59 Å². The lowest BCUT2D eigenvalue weighted by atomic mass is 10.0. The van der Waals surface area contributed by atoms with Gasteiger partial charge in [0.2, 0.25) is 11.8 Å². The number of carbonyl (C=O) groups is 2. The molecular weight excluding hydrogens is 344 g/mol. The summed E-state index contributed by atoms with van der Waals surface area (Å²) >= 11 is 3.50. The van der Waals surface area contributed by atoms with E-state index in [1.54, 1.807) is 4.90 Å². The number of nitrogens with one attached hydrogen (secondary N) is 1. The van der Waals surface area contributed by atoms with Gasteiger partial charge in [-0.05, 0) is 53.4 Å². The van der Waals surface area contributed by atoms with Gasteiger partial charge in [-0.1, -0.05) is 19.9 Å². The maximum absolute atomic E-state index is 12.0. The van der Waals surface area contributed by atoms with Gasteiger partial charge < -0.3 is 10.2 Å². The van der Waals surface area contributed by atoms with Crippen molar-refractivity contribution in [3.63, 3.8) is 0 Å². The van der Waals surface area contributed by atoms with Crippen molar-refractivity contribution in [3.8, 4) is 0 Å². The first-order valence-electron chi connectivity index (χ1n) is 7.72. The fraction of sp³-hybridized carbons (Fsp3) is 0.529. The number of carbonyl (C=O) groups excluding carboxylic acids is 2. The maximum Gasteiger partial charge on any atom is 0.223 e. The lowest BCUT2D eigenvalue weighted by Gasteiger charge is -2.23. The zero-order valence-electron chi connectivity index (χ0n) is 13.8. The zero-order valence-corrected chi connectivity index (χ0v) is 15.4. The summed E-state index contributed by atoms with van der Waals surface area (Å²) in [6, 6.07) is 5.87. The highest BCUT2D eigenvalue weighted by Crippen LogP contribution is 2.27. The number of benzene rings is 1. The quantitative estimate of drug-likeness (QED) is 0.798. The topological polar surface area (TPSA) is 49.4 Å². The van der Waals surface area contributed by atoms with Gasteiger partial charge in [-0.15, -0.1) is 0 Å². The van der Waals surface area contributed by atoms with Crippen molar-refractivity contribution in [2.45, 2.75) is 40.5 Å². The van der Waals surface area contributed by atoms with Crippen LogP contribution < -0.4 is 10.2 Å². The summed E-state index contributed by atoms with van der Waals surface area (Å²) in [5, 5.41) is 2.92.